The highest BCUT2D eigenvalue weighted by molar-refractivity contribution is 14.0. The van der Waals surface area contributed by atoms with Gasteiger partial charge in [-0.05, 0) is 43.8 Å². The fourth-order valence-electron chi connectivity index (χ4n) is 3.71. The molecule has 170 valence electrons. The zero-order valence-electron chi connectivity index (χ0n) is 18.8. The van der Waals surface area contributed by atoms with Crippen LogP contribution >= 0.6 is 24.0 Å². The first-order valence-corrected chi connectivity index (χ1v) is 10.4. The molecule has 0 spiro atoms. The number of nitrogens with one attached hydrogen (secondary N) is 2. The molecular formula is C22H34IN7O. The van der Waals surface area contributed by atoms with E-state index in [9.17, 15) is 4.79 Å². The number of halogens is 1. The summed E-state index contributed by atoms with van der Waals surface area (Å²) in [5.74, 6) is 1.33. The average Bonchev–Trinajstić information content (AvgIpc) is 3.38. The van der Waals surface area contributed by atoms with Gasteiger partial charge in [-0.15, -0.1) is 24.0 Å². The first-order chi connectivity index (χ1) is 14.5. The topological polar surface area (TPSA) is 77.8 Å². The molecule has 1 aliphatic rings. The fourth-order valence-corrected chi connectivity index (χ4v) is 3.71. The van der Waals surface area contributed by atoms with E-state index in [2.05, 4.69) is 31.8 Å². The van der Waals surface area contributed by atoms with Crippen LogP contribution < -0.4 is 10.6 Å². The van der Waals surface area contributed by atoms with Crippen LogP contribution in [0.15, 0.2) is 41.7 Å². The van der Waals surface area contributed by atoms with Gasteiger partial charge in [-0.3, -0.25) is 14.5 Å². The average molecular weight is 539 g/mol. The summed E-state index contributed by atoms with van der Waals surface area (Å²) in [6, 6.07) is 7.74. The van der Waals surface area contributed by atoms with Gasteiger partial charge in [0.15, 0.2) is 5.96 Å². The summed E-state index contributed by atoms with van der Waals surface area (Å²) < 4.78 is 1.86. The van der Waals surface area contributed by atoms with Crippen LogP contribution in [-0.2, 0) is 13.6 Å². The van der Waals surface area contributed by atoms with Gasteiger partial charge in [-0.2, -0.15) is 5.10 Å². The number of hydrogen-bond acceptors (Lipinski definition) is 4. The van der Waals surface area contributed by atoms with Crippen LogP contribution in [0.5, 0.6) is 0 Å². The van der Waals surface area contributed by atoms with Crippen LogP contribution in [-0.4, -0.2) is 78.8 Å². The number of amides is 1. The number of rotatable bonds is 7. The Morgan fingerprint density at radius 2 is 2.13 bits per heavy atom. The second-order valence-corrected chi connectivity index (χ2v) is 8.04. The van der Waals surface area contributed by atoms with Crippen LogP contribution in [0.4, 0.5) is 0 Å². The number of aromatic nitrogens is 2. The van der Waals surface area contributed by atoms with Crippen LogP contribution in [0.25, 0.3) is 0 Å². The molecule has 0 radical (unpaired) electrons. The molecule has 1 aromatic heterocycles. The third kappa shape index (κ3) is 7.20. The predicted molar refractivity (Wildman–Crippen MR) is 135 cm³/mol. The van der Waals surface area contributed by atoms with E-state index < -0.39 is 0 Å². The maximum Gasteiger partial charge on any atom is 0.251 e. The second kappa shape index (κ2) is 12.0. The van der Waals surface area contributed by atoms with E-state index in [-0.39, 0.29) is 29.9 Å². The number of carbonyl (C=O) groups excluding carboxylic acids is 1. The molecule has 1 atom stereocenters. The molecule has 2 heterocycles. The summed E-state index contributed by atoms with van der Waals surface area (Å²) in [5.41, 5.74) is 3.02. The van der Waals surface area contributed by atoms with Gasteiger partial charge in [0.05, 0.1) is 6.20 Å². The maximum absolute atomic E-state index is 12.4. The first kappa shape index (κ1) is 25.1. The Balaban J connectivity index is 0.00000341. The Kier molecular flexibility index (Phi) is 9.76. The molecule has 0 saturated carbocycles. The smallest absolute Gasteiger partial charge is 0.251 e. The summed E-state index contributed by atoms with van der Waals surface area (Å²) in [5, 5.41) is 10.7. The number of carbonyl (C=O) groups is 1. The molecule has 1 aromatic carbocycles. The van der Waals surface area contributed by atoms with E-state index >= 15 is 0 Å². The molecule has 1 aliphatic heterocycles. The summed E-state index contributed by atoms with van der Waals surface area (Å²) in [7, 11) is 7.75. The Morgan fingerprint density at radius 3 is 2.81 bits per heavy atom. The van der Waals surface area contributed by atoms with Gasteiger partial charge in [-0.1, -0.05) is 12.1 Å². The van der Waals surface area contributed by atoms with Crippen molar-refractivity contribution in [3.8, 4) is 0 Å². The Labute approximate surface area is 202 Å². The van der Waals surface area contributed by atoms with E-state index in [0.29, 0.717) is 24.6 Å². The van der Waals surface area contributed by atoms with Crippen molar-refractivity contribution in [3.05, 3.63) is 53.3 Å². The Morgan fingerprint density at radius 1 is 1.32 bits per heavy atom. The van der Waals surface area contributed by atoms with Crippen LogP contribution in [0.3, 0.4) is 0 Å². The number of hydrogen-bond donors (Lipinski definition) is 2. The molecule has 31 heavy (non-hydrogen) atoms. The molecule has 8 nitrogen and oxygen atoms in total. The minimum Gasteiger partial charge on any atom is -0.352 e. The molecule has 9 heteroatoms. The van der Waals surface area contributed by atoms with Gasteiger partial charge in [-0.25, -0.2) is 0 Å². The van der Waals surface area contributed by atoms with Crippen LogP contribution in [0.1, 0.15) is 33.8 Å². The third-order valence-electron chi connectivity index (χ3n) is 5.38. The van der Waals surface area contributed by atoms with E-state index in [1.165, 1.54) is 5.56 Å². The number of guanidine groups is 1. The molecule has 0 aliphatic carbocycles. The number of aryl methyl sites for hydroxylation is 1. The Bertz CT molecular complexity index is 880. The van der Waals surface area contributed by atoms with Gasteiger partial charge in [0.2, 0.25) is 0 Å². The van der Waals surface area contributed by atoms with E-state index in [1.807, 2.05) is 68.2 Å². The normalized spacial score (nSPS) is 16.4. The Hall–Kier alpha value is -2.14. The molecule has 0 bridgehead atoms. The number of benzene rings is 1. The lowest BCUT2D eigenvalue weighted by molar-refractivity contribution is 0.0951. The minimum absolute atomic E-state index is 0. The standard InChI is InChI=1S/C22H33N7O.HI/c1-23-22(29-10-8-19(16-29)20-14-26-28(4)15-20)25-13-17-6-5-7-18(12-17)21(30)24-9-11-27(2)3;/h5-7,12,14-15,19H,8-11,13,16H2,1-4H3,(H,23,25)(H,24,30);1H. The molecule has 3 rings (SSSR count). The van der Waals surface area contributed by atoms with Gasteiger partial charge >= 0.3 is 0 Å². The maximum atomic E-state index is 12.4. The van der Waals surface area contributed by atoms with Gasteiger partial charge < -0.3 is 20.4 Å². The number of aliphatic imine (C=N–C) groups is 1. The summed E-state index contributed by atoms with van der Waals surface area (Å²) in [6.45, 7) is 3.97. The highest BCUT2D eigenvalue weighted by atomic mass is 127. The SMILES string of the molecule is CN=C(NCc1cccc(C(=O)NCCN(C)C)c1)N1CCC(c2cnn(C)c2)C1.I. The van der Waals surface area contributed by atoms with Crippen molar-refractivity contribution < 1.29 is 4.79 Å². The summed E-state index contributed by atoms with van der Waals surface area (Å²) >= 11 is 0. The van der Waals surface area contributed by atoms with Crippen molar-refractivity contribution in [3.63, 3.8) is 0 Å². The van der Waals surface area contributed by atoms with Crippen molar-refractivity contribution in [1.82, 2.24) is 30.2 Å². The van der Waals surface area contributed by atoms with Crippen molar-refractivity contribution >= 4 is 35.8 Å². The molecule has 1 unspecified atom stereocenters. The second-order valence-electron chi connectivity index (χ2n) is 8.04. The largest absolute Gasteiger partial charge is 0.352 e. The van der Waals surface area contributed by atoms with Crippen LogP contribution in [0, 0.1) is 0 Å². The monoisotopic (exact) mass is 539 g/mol. The van der Waals surface area contributed by atoms with Crippen molar-refractivity contribution in [2.24, 2.45) is 12.0 Å². The molecule has 2 aromatic rings. The number of likely N-dealkylation sites (tertiary alicyclic amines) is 1. The molecule has 2 N–H and O–H groups in total. The molecular weight excluding hydrogens is 505 g/mol. The van der Waals surface area contributed by atoms with E-state index in [0.717, 1.165) is 37.6 Å². The lowest BCUT2D eigenvalue weighted by atomic mass is 10.0. The number of nitrogens with zero attached hydrogens (tertiary/aromatic N) is 5. The van der Waals surface area contributed by atoms with Crippen molar-refractivity contribution in [2.45, 2.75) is 18.9 Å². The quantitative estimate of drug-likeness (QED) is 0.320. The molecule has 1 fully saturated rings. The minimum atomic E-state index is -0.0399. The molecule has 1 saturated heterocycles. The third-order valence-corrected chi connectivity index (χ3v) is 5.38. The highest BCUT2D eigenvalue weighted by Crippen LogP contribution is 2.26. The van der Waals surface area contributed by atoms with Crippen molar-refractivity contribution in [2.75, 3.05) is 47.3 Å². The van der Waals surface area contributed by atoms with Gasteiger partial charge in [0.25, 0.3) is 5.91 Å². The molecule has 1 amide bonds. The zero-order valence-corrected chi connectivity index (χ0v) is 21.2. The summed E-state index contributed by atoms with van der Waals surface area (Å²) in [4.78, 5) is 21.2. The fraction of sp³-hybridized carbons (Fsp3) is 0.500. The number of likely N-dealkylation sites (N-methyl/N-ethyl adjacent to an activating group) is 1. The van der Waals surface area contributed by atoms with Gasteiger partial charge in [0, 0.05) is 64.5 Å². The highest BCUT2D eigenvalue weighted by Gasteiger charge is 2.26. The van der Waals surface area contributed by atoms with Crippen LogP contribution in [0.2, 0.25) is 0 Å². The van der Waals surface area contributed by atoms with Gasteiger partial charge in [0.1, 0.15) is 0 Å². The van der Waals surface area contributed by atoms with E-state index in [4.69, 9.17) is 0 Å². The predicted octanol–water partition coefficient (Wildman–Crippen LogP) is 1.89. The van der Waals surface area contributed by atoms with E-state index in [1.54, 1.807) is 0 Å². The lowest BCUT2D eigenvalue weighted by Crippen LogP contribution is -2.39. The zero-order chi connectivity index (χ0) is 21.5. The lowest BCUT2D eigenvalue weighted by Gasteiger charge is -2.21. The van der Waals surface area contributed by atoms with Crippen molar-refractivity contribution in [1.29, 1.82) is 0 Å². The summed E-state index contributed by atoms with van der Waals surface area (Å²) in [6.07, 6.45) is 5.15. The first-order valence-electron chi connectivity index (χ1n) is 10.4.